The van der Waals surface area contributed by atoms with E-state index in [2.05, 4.69) is 97.1 Å². The molecule has 31 heavy (non-hydrogen) atoms. The van der Waals surface area contributed by atoms with Gasteiger partial charge in [0.25, 0.3) is 0 Å². The summed E-state index contributed by atoms with van der Waals surface area (Å²) < 4.78 is 11.1. The van der Waals surface area contributed by atoms with E-state index in [0.717, 1.165) is 17.5 Å². The van der Waals surface area contributed by atoms with Gasteiger partial charge in [-0.25, -0.2) is 0 Å². The van der Waals surface area contributed by atoms with Gasteiger partial charge in [0.1, 0.15) is 35.1 Å². The molecule has 0 aliphatic heterocycles. The Kier molecular flexibility index (Phi) is 7.04. The van der Waals surface area contributed by atoms with Crippen molar-refractivity contribution in [2.75, 3.05) is 13.9 Å². The number of methoxy groups -OCH3 is 1. The van der Waals surface area contributed by atoms with E-state index in [1.165, 1.54) is 15.9 Å². The summed E-state index contributed by atoms with van der Waals surface area (Å²) in [5.74, 6) is 0.765. The Bertz CT molecular complexity index is 1010. The molecular weight excluding hydrogens is 423 g/mol. The summed E-state index contributed by atoms with van der Waals surface area (Å²) in [6, 6.07) is 38.4. The van der Waals surface area contributed by atoms with Crippen LogP contribution in [0.4, 0.5) is 0 Å². The van der Waals surface area contributed by atoms with Crippen molar-refractivity contribution >= 4 is 34.8 Å². The third-order valence-electron chi connectivity index (χ3n) is 5.36. The second-order valence-corrected chi connectivity index (χ2v) is 11.2. The Morgan fingerprint density at radius 3 is 1.61 bits per heavy atom. The molecule has 2 nitrogen and oxygen atoms in total. The van der Waals surface area contributed by atoms with Gasteiger partial charge in [0, 0.05) is 17.7 Å². The molecule has 0 spiro atoms. The molecule has 0 saturated carbocycles. The summed E-state index contributed by atoms with van der Waals surface area (Å²) in [6.07, 6.45) is 0.821. The predicted octanol–water partition coefficient (Wildman–Crippen LogP) is 5.82. The van der Waals surface area contributed by atoms with Gasteiger partial charge in [-0.2, -0.15) is 0 Å². The zero-order valence-corrected chi connectivity index (χ0v) is 19.1. The van der Waals surface area contributed by atoms with Crippen LogP contribution in [0.1, 0.15) is 5.56 Å². The quantitative estimate of drug-likeness (QED) is 0.250. The highest BCUT2D eigenvalue weighted by molar-refractivity contribution is 7.95. The SMILES string of the molecule is COCOc1cc(Cl)ccc1C[P+](c1ccccc1)(c1ccccc1)c1ccccc1. The maximum atomic E-state index is 6.31. The van der Waals surface area contributed by atoms with Gasteiger partial charge in [0.15, 0.2) is 6.79 Å². The standard InChI is InChI=1S/C27H25ClO2P/c1-29-21-30-27-19-23(28)18-17-22(27)20-31(24-11-5-2-6-12-24,25-13-7-3-8-14-25)26-15-9-4-10-16-26/h2-19H,20-21H2,1H3/q+1. The fourth-order valence-corrected chi connectivity index (χ4v) is 8.36. The maximum Gasteiger partial charge on any atom is 0.188 e. The van der Waals surface area contributed by atoms with E-state index in [4.69, 9.17) is 21.1 Å². The van der Waals surface area contributed by atoms with Crippen LogP contribution in [0.25, 0.3) is 0 Å². The van der Waals surface area contributed by atoms with Crippen LogP contribution in [0.2, 0.25) is 5.02 Å². The normalized spacial score (nSPS) is 11.3. The lowest BCUT2D eigenvalue weighted by Crippen LogP contribution is -2.32. The van der Waals surface area contributed by atoms with Crippen molar-refractivity contribution in [3.8, 4) is 5.75 Å². The van der Waals surface area contributed by atoms with Crippen molar-refractivity contribution in [2.45, 2.75) is 6.16 Å². The van der Waals surface area contributed by atoms with Gasteiger partial charge in [0.05, 0.1) is 0 Å². The van der Waals surface area contributed by atoms with Gasteiger partial charge in [-0.1, -0.05) is 72.3 Å². The molecule has 0 fully saturated rings. The average molecular weight is 448 g/mol. The number of ether oxygens (including phenoxy) is 2. The minimum absolute atomic E-state index is 0.181. The van der Waals surface area contributed by atoms with Gasteiger partial charge < -0.3 is 9.47 Å². The van der Waals surface area contributed by atoms with Crippen LogP contribution < -0.4 is 20.7 Å². The molecule has 0 aliphatic carbocycles. The van der Waals surface area contributed by atoms with E-state index in [1.807, 2.05) is 12.1 Å². The number of rotatable bonds is 8. The van der Waals surface area contributed by atoms with Crippen molar-refractivity contribution in [1.29, 1.82) is 0 Å². The Labute approximate surface area is 189 Å². The topological polar surface area (TPSA) is 18.5 Å². The lowest BCUT2D eigenvalue weighted by Gasteiger charge is -2.28. The number of hydrogen-bond donors (Lipinski definition) is 0. The Morgan fingerprint density at radius 2 is 1.16 bits per heavy atom. The van der Waals surface area contributed by atoms with Crippen LogP contribution in [-0.4, -0.2) is 13.9 Å². The van der Waals surface area contributed by atoms with Crippen molar-refractivity contribution in [2.24, 2.45) is 0 Å². The lowest BCUT2D eigenvalue weighted by atomic mass is 10.2. The minimum atomic E-state index is -2.01. The van der Waals surface area contributed by atoms with E-state index in [-0.39, 0.29) is 6.79 Å². The molecular formula is C27H25ClO2P+. The van der Waals surface area contributed by atoms with E-state index in [1.54, 1.807) is 7.11 Å². The summed E-state index contributed by atoms with van der Waals surface area (Å²) in [7, 11) is -0.389. The second-order valence-electron chi connectivity index (χ2n) is 7.28. The summed E-state index contributed by atoms with van der Waals surface area (Å²) in [5, 5.41) is 4.65. The Morgan fingerprint density at radius 1 is 0.677 bits per heavy atom. The highest BCUT2D eigenvalue weighted by atomic mass is 35.5. The molecule has 0 aromatic heterocycles. The zero-order chi connectivity index (χ0) is 21.5. The van der Waals surface area contributed by atoms with Crippen molar-refractivity contribution in [1.82, 2.24) is 0 Å². The first-order valence-corrected chi connectivity index (χ1v) is 12.5. The molecule has 0 amide bonds. The highest BCUT2D eigenvalue weighted by Crippen LogP contribution is 2.59. The van der Waals surface area contributed by atoms with Crippen LogP contribution in [0, 0.1) is 0 Å². The van der Waals surface area contributed by atoms with Crippen LogP contribution in [0.5, 0.6) is 5.75 Å². The summed E-state index contributed by atoms with van der Waals surface area (Å²) in [4.78, 5) is 0. The van der Waals surface area contributed by atoms with E-state index >= 15 is 0 Å². The fourth-order valence-electron chi connectivity index (χ4n) is 3.94. The number of hydrogen-bond acceptors (Lipinski definition) is 2. The van der Waals surface area contributed by atoms with E-state index in [9.17, 15) is 0 Å². The molecule has 0 heterocycles. The van der Waals surface area contributed by atoms with Crippen LogP contribution in [-0.2, 0) is 10.9 Å². The third-order valence-corrected chi connectivity index (χ3v) is 9.95. The Balaban J connectivity index is 1.96. The highest BCUT2D eigenvalue weighted by Gasteiger charge is 2.45. The molecule has 0 saturated heterocycles. The first-order valence-electron chi connectivity index (χ1n) is 10.2. The molecule has 0 aliphatic rings. The van der Waals surface area contributed by atoms with Gasteiger partial charge in [0.2, 0.25) is 0 Å². The van der Waals surface area contributed by atoms with Gasteiger partial charge in [-0.15, -0.1) is 0 Å². The van der Waals surface area contributed by atoms with Crippen LogP contribution >= 0.6 is 18.9 Å². The van der Waals surface area contributed by atoms with Gasteiger partial charge in [-0.3, -0.25) is 0 Å². The Hall–Kier alpha value is -2.64. The lowest BCUT2D eigenvalue weighted by molar-refractivity contribution is 0.0506. The third kappa shape index (κ3) is 4.67. The predicted molar refractivity (Wildman–Crippen MR) is 133 cm³/mol. The minimum Gasteiger partial charge on any atom is -0.467 e. The van der Waals surface area contributed by atoms with Crippen LogP contribution in [0.3, 0.4) is 0 Å². The summed E-state index contributed by atoms with van der Waals surface area (Å²) in [6.45, 7) is 0.181. The number of benzene rings is 4. The van der Waals surface area contributed by atoms with E-state index in [0.29, 0.717) is 5.02 Å². The monoisotopic (exact) mass is 447 g/mol. The number of halogens is 1. The largest absolute Gasteiger partial charge is 0.467 e. The van der Waals surface area contributed by atoms with E-state index < -0.39 is 7.26 Å². The first-order chi connectivity index (χ1) is 15.2. The average Bonchev–Trinajstić information content (AvgIpc) is 2.84. The van der Waals surface area contributed by atoms with Crippen LogP contribution in [0.15, 0.2) is 109 Å². The fraction of sp³-hybridized carbons (Fsp3) is 0.111. The van der Waals surface area contributed by atoms with Crippen molar-refractivity contribution in [3.05, 3.63) is 120 Å². The summed E-state index contributed by atoms with van der Waals surface area (Å²) in [5.41, 5.74) is 1.12. The zero-order valence-electron chi connectivity index (χ0n) is 17.4. The second kappa shape index (κ2) is 10.1. The first kappa shape index (κ1) is 21.6. The van der Waals surface area contributed by atoms with Crippen molar-refractivity contribution in [3.63, 3.8) is 0 Å². The molecule has 4 rings (SSSR count). The molecule has 0 bridgehead atoms. The molecule has 0 atom stereocenters. The summed E-state index contributed by atoms with van der Waals surface area (Å²) >= 11 is 6.31. The smallest absolute Gasteiger partial charge is 0.188 e. The molecule has 0 radical (unpaired) electrons. The maximum absolute atomic E-state index is 6.31. The van der Waals surface area contributed by atoms with Crippen molar-refractivity contribution < 1.29 is 9.47 Å². The molecule has 4 aromatic rings. The molecule has 0 unspecified atom stereocenters. The van der Waals surface area contributed by atoms with Gasteiger partial charge in [-0.05, 0) is 48.5 Å². The molecule has 0 N–H and O–H groups in total. The molecule has 156 valence electrons. The molecule has 4 heteroatoms. The van der Waals surface area contributed by atoms with Gasteiger partial charge >= 0.3 is 0 Å². The molecule has 4 aromatic carbocycles.